The van der Waals surface area contributed by atoms with E-state index in [0.717, 1.165) is 54.9 Å². The summed E-state index contributed by atoms with van der Waals surface area (Å²) in [5, 5.41) is 4.09. The predicted molar refractivity (Wildman–Crippen MR) is 292 cm³/mol. The van der Waals surface area contributed by atoms with Crippen LogP contribution in [0.5, 0.6) is 46.0 Å². The maximum atomic E-state index is 6.62. The second-order valence-electron chi connectivity index (χ2n) is 20.1. The molecule has 6 aromatic carbocycles. The first-order chi connectivity index (χ1) is 38.3. The topological polar surface area (TPSA) is 148 Å². The highest BCUT2D eigenvalue weighted by molar-refractivity contribution is 6.07. The van der Waals surface area contributed by atoms with E-state index in [1.165, 1.54) is 11.1 Å². The molecule has 416 valence electrons. The minimum absolute atomic E-state index is 0.291. The van der Waals surface area contributed by atoms with Gasteiger partial charge in [-0.3, -0.25) is 0 Å². The van der Waals surface area contributed by atoms with Gasteiger partial charge in [-0.25, -0.2) is 0 Å². The van der Waals surface area contributed by atoms with E-state index in [2.05, 4.69) is 100 Å². The number of rotatable bonds is 0. The molecule has 0 saturated carbocycles. The molecule has 6 aromatic rings. The summed E-state index contributed by atoms with van der Waals surface area (Å²) < 4.78 is 101. The summed E-state index contributed by atoms with van der Waals surface area (Å²) >= 11 is 0. The van der Waals surface area contributed by atoms with Crippen LogP contribution in [0.1, 0.15) is 58.4 Å². The average Bonchev–Trinajstić information content (AvgIpc) is 2.47. The molecule has 0 unspecified atom stereocenters. The molecule has 11 rings (SSSR count). The molecule has 0 amide bonds. The van der Waals surface area contributed by atoms with Gasteiger partial charge in [0.05, 0.1) is 106 Å². The van der Waals surface area contributed by atoms with Gasteiger partial charge in [-0.2, -0.15) is 0 Å². The van der Waals surface area contributed by atoms with E-state index < -0.39 is 10.8 Å². The fraction of sp³-hybridized carbons (Fsp3) is 0.484. The van der Waals surface area contributed by atoms with Crippen LogP contribution < -0.4 is 37.9 Å². The van der Waals surface area contributed by atoms with Crippen LogP contribution in [0.4, 0.5) is 0 Å². The highest BCUT2D eigenvalue weighted by Crippen LogP contribution is 2.64. The summed E-state index contributed by atoms with van der Waals surface area (Å²) in [7, 11) is 0. The van der Waals surface area contributed by atoms with E-state index in [1.807, 2.05) is 0 Å². The van der Waals surface area contributed by atoms with Crippen molar-refractivity contribution in [1.82, 2.24) is 0 Å². The Morgan fingerprint density at radius 2 is 0.423 bits per heavy atom. The molecular weight excluding hydrogens is 1000 g/mol. The fourth-order valence-electron chi connectivity index (χ4n) is 11.5. The first-order valence-corrected chi connectivity index (χ1v) is 27.5. The molecule has 2 bridgehead atoms. The third-order valence-corrected chi connectivity index (χ3v) is 15.5. The third-order valence-electron chi connectivity index (χ3n) is 15.5. The van der Waals surface area contributed by atoms with Crippen molar-refractivity contribution < 1.29 is 75.8 Å². The molecule has 0 aromatic heterocycles. The minimum Gasteiger partial charge on any atom is -0.487 e. The van der Waals surface area contributed by atoms with Gasteiger partial charge in [-0.15, -0.1) is 0 Å². The Hall–Kier alpha value is -6.08. The molecule has 0 fully saturated rings. The minimum atomic E-state index is -0.618. The molecule has 0 N–H and O–H groups in total. The van der Waals surface area contributed by atoms with E-state index >= 15 is 0 Å². The van der Waals surface area contributed by atoms with E-state index in [9.17, 15) is 0 Å². The van der Waals surface area contributed by atoms with E-state index in [4.69, 9.17) is 75.8 Å². The van der Waals surface area contributed by atoms with Crippen LogP contribution in [-0.2, 0) is 48.7 Å². The van der Waals surface area contributed by atoms with Crippen LogP contribution in [0, 0.1) is 13.8 Å². The van der Waals surface area contributed by atoms with Crippen molar-refractivity contribution in [3.63, 3.8) is 0 Å². The second-order valence-corrected chi connectivity index (χ2v) is 20.1. The van der Waals surface area contributed by atoms with Crippen LogP contribution in [-0.4, -0.2) is 159 Å². The number of hydrogen-bond acceptors (Lipinski definition) is 16. The van der Waals surface area contributed by atoms with Crippen molar-refractivity contribution in [1.29, 1.82) is 0 Å². The lowest BCUT2D eigenvalue weighted by Gasteiger charge is -2.54. The van der Waals surface area contributed by atoms with Crippen LogP contribution in [0.25, 0.3) is 21.5 Å². The molecule has 16 nitrogen and oxygen atoms in total. The fourth-order valence-corrected chi connectivity index (χ4v) is 11.5. The Bertz CT molecular complexity index is 2680. The zero-order valence-corrected chi connectivity index (χ0v) is 45.4. The predicted octanol–water partition coefficient (Wildman–Crippen LogP) is 8.85. The van der Waals surface area contributed by atoms with Crippen molar-refractivity contribution in [2.75, 3.05) is 159 Å². The maximum absolute atomic E-state index is 6.62. The SMILES string of the molecule is Cc1c2cc3c4cc2c(C)c2cc5c(cc12)OCCOCCOCCOc1cc2c(cc1OCCOCCOCCO5)C1(C)c5ccccc5C2(C)c2cc(c(cc21)OCCOCCOCCO4)OCCOCCOCCO3. The van der Waals surface area contributed by atoms with Gasteiger partial charge in [0, 0.05) is 10.8 Å². The number of fused-ring (bicyclic) bond motifs is 6. The number of hydrogen-bond donors (Lipinski definition) is 0. The Labute approximate surface area is 456 Å². The summed E-state index contributed by atoms with van der Waals surface area (Å²) in [5.41, 5.74) is 7.76. The van der Waals surface area contributed by atoms with Crippen LogP contribution in [0.2, 0.25) is 0 Å². The third kappa shape index (κ3) is 11.1. The highest BCUT2D eigenvalue weighted by atomic mass is 16.6. The smallest absolute Gasteiger partial charge is 0.161 e. The molecule has 2 aliphatic heterocycles. The Morgan fingerprint density at radius 1 is 0.244 bits per heavy atom. The Balaban J connectivity index is 0.972. The highest BCUT2D eigenvalue weighted by Gasteiger charge is 2.56. The summed E-state index contributed by atoms with van der Waals surface area (Å²) in [5.74, 6) is 4.90. The van der Waals surface area contributed by atoms with Gasteiger partial charge in [-0.1, -0.05) is 24.3 Å². The molecule has 0 saturated heterocycles. The van der Waals surface area contributed by atoms with Gasteiger partial charge in [-0.05, 0) is 142 Å². The second kappa shape index (κ2) is 24.9. The zero-order valence-electron chi connectivity index (χ0n) is 45.4. The monoisotopic (exact) mass is 1070 g/mol. The van der Waals surface area contributed by atoms with Crippen LogP contribution in [0.3, 0.4) is 0 Å². The maximum Gasteiger partial charge on any atom is 0.161 e. The van der Waals surface area contributed by atoms with Crippen molar-refractivity contribution in [2.45, 2.75) is 38.5 Å². The lowest BCUT2D eigenvalue weighted by molar-refractivity contribution is 0.0223. The number of benzene rings is 6. The lowest BCUT2D eigenvalue weighted by Crippen LogP contribution is -2.48. The summed E-state index contributed by atoms with van der Waals surface area (Å²) in [4.78, 5) is 0. The molecular formula is C62H72O16. The van der Waals surface area contributed by atoms with Crippen molar-refractivity contribution in [2.24, 2.45) is 0 Å². The van der Waals surface area contributed by atoms with Crippen LogP contribution >= 0.6 is 0 Å². The average molecular weight is 1070 g/mol. The first-order valence-electron chi connectivity index (χ1n) is 27.5. The van der Waals surface area contributed by atoms with E-state index in [1.54, 1.807) is 0 Å². The largest absolute Gasteiger partial charge is 0.487 e. The van der Waals surface area contributed by atoms with Crippen molar-refractivity contribution >= 4 is 21.5 Å². The molecule has 2 heterocycles. The van der Waals surface area contributed by atoms with E-state index in [-0.39, 0.29) is 0 Å². The molecule has 78 heavy (non-hydrogen) atoms. The molecule has 0 radical (unpaired) electrons. The zero-order chi connectivity index (χ0) is 53.3. The normalized spacial score (nSPS) is 22.4. The van der Waals surface area contributed by atoms with Crippen molar-refractivity contribution in [3.05, 3.63) is 117 Å². The van der Waals surface area contributed by atoms with Crippen molar-refractivity contribution in [3.8, 4) is 46.0 Å². The molecule has 5 aliphatic rings. The van der Waals surface area contributed by atoms with Gasteiger partial charge in [0.25, 0.3) is 0 Å². The summed E-state index contributed by atoms with van der Waals surface area (Å²) in [6.07, 6.45) is 0. The summed E-state index contributed by atoms with van der Waals surface area (Å²) in [6, 6.07) is 25.6. The summed E-state index contributed by atoms with van der Waals surface area (Å²) in [6.45, 7) is 16.9. The number of aryl methyl sites for hydroxylation is 2. The molecule has 0 spiro atoms. The van der Waals surface area contributed by atoms with Gasteiger partial charge in [0.2, 0.25) is 0 Å². The quantitative estimate of drug-likeness (QED) is 0.133. The van der Waals surface area contributed by atoms with Crippen LogP contribution in [0.15, 0.2) is 72.8 Å². The van der Waals surface area contributed by atoms with Gasteiger partial charge in [0.1, 0.15) is 52.9 Å². The van der Waals surface area contributed by atoms with Gasteiger partial charge < -0.3 is 75.8 Å². The molecule has 16 heteroatoms. The molecule has 0 atom stereocenters. The Morgan fingerprint density at radius 3 is 0.628 bits per heavy atom. The number of ether oxygens (including phenoxy) is 16. The van der Waals surface area contributed by atoms with Gasteiger partial charge in [0.15, 0.2) is 46.0 Å². The van der Waals surface area contributed by atoms with Gasteiger partial charge >= 0.3 is 0 Å². The van der Waals surface area contributed by atoms with E-state index in [0.29, 0.717) is 205 Å². The molecule has 3 aliphatic carbocycles. The lowest BCUT2D eigenvalue weighted by atomic mass is 9.48. The Kier molecular flexibility index (Phi) is 17.2. The standard InChI is InChI=1S/C62H72O16/c1-41-43-33-53-55-35-45(43)42(2)46-36-56-54(34-44(41)46)72-26-18-64-10-14-68-22-30-76-58-38-50-52(40-60(58)78-32-24-70-16-12-66-20-28-74-56)62(4)48-8-6-5-7-47(48)61(50,3)49-37-57(75-29-21-67-13-9-63-17-25-71-53)59(39-51(49)62)77-31-23-69-15-11-65-19-27-73-55/h5-8,33-40H,9-32H2,1-4H3. The first kappa shape index (κ1) is 53.9.